The number of fused-ring (bicyclic) bond motifs is 2. The first-order valence-corrected chi connectivity index (χ1v) is 8.83. The van der Waals surface area contributed by atoms with Crippen LogP contribution in [-0.4, -0.2) is 14.5 Å². The van der Waals surface area contributed by atoms with Crippen molar-refractivity contribution in [2.24, 2.45) is 0 Å². The summed E-state index contributed by atoms with van der Waals surface area (Å²) in [5, 5.41) is 12.8. The van der Waals surface area contributed by atoms with Crippen LogP contribution in [-0.2, 0) is 0 Å². The lowest BCUT2D eigenvalue weighted by atomic mass is 10.2. The zero-order valence-corrected chi connectivity index (χ0v) is 15.0. The summed E-state index contributed by atoms with van der Waals surface area (Å²) in [6.07, 6.45) is 3.73. The summed E-state index contributed by atoms with van der Waals surface area (Å²) < 4.78 is 2.01. The standard InChI is InChI=1S/C14H10N2O2.C9H7N/c17-16(18)13-6-7-14-11(10-13)8-9-15(14)12-4-2-1-3-5-12;1-2-6-9-8(4-1)5-3-7-10-9/h1-10H;1-7H. The second-order valence-electron chi connectivity index (χ2n) is 6.22. The number of benzene rings is 3. The average molecular weight is 367 g/mol. The minimum atomic E-state index is -0.376. The van der Waals surface area contributed by atoms with E-state index in [1.165, 1.54) is 11.5 Å². The molecule has 0 spiro atoms. The van der Waals surface area contributed by atoms with Crippen molar-refractivity contribution in [2.45, 2.75) is 0 Å². The van der Waals surface area contributed by atoms with E-state index in [-0.39, 0.29) is 10.6 Å². The van der Waals surface area contributed by atoms with Crippen molar-refractivity contribution in [3.63, 3.8) is 0 Å². The molecule has 0 bridgehead atoms. The molecule has 2 aromatic heterocycles. The van der Waals surface area contributed by atoms with Crippen LogP contribution in [0.1, 0.15) is 0 Å². The Morgan fingerprint density at radius 1 is 0.786 bits per heavy atom. The third-order valence-electron chi connectivity index (χ3n) is 4.43. The molecule has 0 radical (unpaired) electrons. The van der Waals surface area contributed by atoms with E-state index in [0.717, 1.165) is 22.1 Å². The molecule has 0 aliphatic rings. The number of rotatable bonds is 2. The van der Waals surface area contributed by atoms with Crippen molar-refractivity contribution in [3.05, 3.63) is 114 Å². The van der Waals surface area contributed by atoms with Gasteiger partial charge in [-0.05, 0) is 36.4 Å². The van der Waals surface area contributed by atoms with Crippen LogP contribution in [0, 0.1) is 10.1 Å². The highest BCUT2D eigenvalue weighted by atomic mass is 16.6. The van der Waals surface area contributed by atoms with Gasteiger partial charge >= 0.3 is 0 Å². The van der Waals surface area contributed by atoms with Gasteiger partial charge in [0.25, 0.3) is 5.69 Å². The lowest BCUT2D eigenvalue weighted by Gasteiger charge is -2.04. The fourth-order valence-electron chi connectivity index (χ4n) is 3.07. The summed E-state index contributed by atoms with van der Waals surface area (Å²) in [5.41, 5.74) is 3.19. The minimum absolute atomic E-state index is 0.119. The van der Waals surface area contributed by atoms with Gasteiger partial charge < -0.3 is 4.57 Å². The van der Waals surface area contributed by atoms with E-state index in [2.05, 4.69) is 17.1 Å². The Labute approximate surface area is 161 Å². The van der Waals surface area contributed by atoms with Crippen LogP contribution in [0.15, 0.2) is 103 Å². The predicted octanol–water partition coefficient (Wildman–Crippen LogP) is 5.77. The van der Waals surface area contributed by atoms with Crippen molar-refractivity contribution in [1.29, 1.82) is 0 Å². The number of nitrogens with zero attached hydrogens (tertiary/aromatic N) is 3. The van der Waals surface area contributed by atoms with Gasteiger partial charge in [-0.1, -0.05) is 42.5 Å². The van der Waals surface area contributed by atoms with Gasteiger partial charge in [-0.25, -0.2) is 0 Å². The number of hydrogen-bond acceptors (Lipinski definition) is 3. The zero-order chi connectivity index (χ0) is 19.3. The number of para-hydroxylation sites is 2. The molecule has 0 unspecified atom stereocenters. The fraction of sp³-hybridized carbons (Fsp3) is 0. The summed E-state index contributed by atoms with van der Waals surface area (Å²) in [6.45, 7) is 0. The Hall–Kier alpha value is -3.99. The molecule has 3 aromatic carbocycles. The van der Waals surface area contributed by atoms with E-state index in [1.807, 2.05) is 77.6 Å². The molecule has 0 fully saturated rings. The molecule has 0 saturated heterocycles. The number of aromatic nitrogens is 2. The van der Waals surface area contributed by atoms with Crippen molar-refractivity contribution >= 4 is 27.5 Å². The molecule has 2 heterocycles. The molecule has 0 saturated carbocycles. The molecule has 28 heavy (non-hydrogen) atoms. The van der Waals surface area contributed by atoms with Crippen LogP contribution < -0.4 is 0 Å². The fourth-order valence-corrected chi connectivity index (χ4v) is 3.07. The van der Waals surface area contributed by atoms with E-state index in [4.69, 9.17) is 0 Å². The van der Waals surface area contributed by atoms with Crippen LogP contribution in [0.25, 0.3) is 27.5 Å². The Morgan fingerprint density at radius 3 is 2.32 bits per heavy atom. The van der Waals surface area contributed by atoms with Crippen molar-refractivity contribution in [3.8, 4) is 5.69 Å². The highest BCUT2D eigenvalue weighted by molar-refractivity contribution is 5.84. The average Bonchev–Trinajstić information content (AvgIpc) is 3.18. The number of nitro groups is 1. The van der Waals surface area contributed by atoms with E-state index in [0.29, 0.717) is 0 Å². The van der Waals surface area contributed by atoms with Gasteiger partial charge in [0.2, 0.25) is 0 Å². The van der Waals surface area contributed by atoms with Gasteiger partial charge in [0, 0.05) is 41.0 Å². The smallest absolute Gasteiger partial charge is 0.270 e. The quantitative estimate of drug-likeness (QED) is 0.294. The Morgan fingerprint density at radius 2 is 1.54 bits per heavy atom. The predicted molar refractivity (Wildman–Crippen MR) is 112 cm³/mol. The van der Waals surface area contributed by atoms with Gasteiger partial charge in [-0.2, -0.15) is 0 Å². The summed E-state index contributed by atoms with van der Waals surface area (Å²) in [7, 11) is 0. The maximum absolute atomic E-state index is 10.7. The van der Waals surface area contributed by atoms with E-state index >= 15 is 0 Å². The molecule has 5 rings (SSSR count). The van der Waals surface area contributed by atoms with E-state index < -0.39 is 0 Å². The summed E-state index contributed by atoms with van der Waals surface area (Å²) in [5.74, 6) is 0. The molecular weight excluding hydrogens is 350 g/mol. The van der Waals surface area contributed by atoms with E-state index in [9.17, 15) is 10.1 Å². The van der Waals surface area contributed by atoms with Gasteiger partial charge in [0.05, 0.1) is 16.0 Å². The molecule has 5 nitrogen and oxygen atoms in total. The third-order valence-corrected chi connectivity index (χ3v) is 4.43. The number of non-ortho nitro benzene ring substituents is 1. The van der Waals surface area contributed by atoms with Gasteiger partial charge in [-0.3, -0.25) is 15.1 Å². The molecule has 5 aromatic rings. The Bertz CT molecular complexity index is 1180. The minimum Gasteiger partial charge on any atom is -0.317 e. The largest absolute Gasteiger partial charge is 0.317 e. The maximum atomic E-state index is 10.7. The Kier molecular flexibility index (Phi) is 4.80. The first-order valence-electron chi connectivity index (χ1n) is 8.83. The first-order chi connectivity index (χ1) is 13.7. The lowest BCUT2D eigenvalue weighted by Crippen LogP contribution is -1.91. The van der Waals surface area contributed by atoms with Crippen molar-refractivity contribution < 1.29 is 4.92 Å². The first kappa shape index (κ1) is 17.4. The number of hydrogen-bond donors (Lipinski definition) is 0. The van der Waals surface area contributed by atoms with Gasteiger partial charge in [0.15, 0.2) is 0 Å². The molecule has 0 aliphatic carbocycles. The van der Waals surface area contributed by atoms with Gasteiger partial charge in [-0.15, -0.1) is 0 Å². The number of nitro benzene ring substituents is 1. The molecule has 136 valence electrons. The molecule has 0 aliphatic heterocycles. The van der Waals surface area contributed by atoms with Gasteiger partial charge in [0.1, 0.15) is 0 Å². The topological polar surface area (TPSA) is 61.0 Å². The molecular formula is C23H17N3O2. The molecule has 0 atom stereocenters. The normalized spacial score (nSPS) is 10.4. The second kappa shape index (κ2) is 7.72. The van der Waals surface area contributed by atoms with Crippen molar-refractivity contribution in [1.82, 2.24) is 9.55 Å². The van der Waals surface area contributed by atoms with Crippen molar-refractivity contribution in [2.75, 3.05) is 0 Å². The van der Waals surface area contributed by atoms with E-state index in [1.54, 1.807) is 12.1 Å². The summed E-state index contributed by atoms with van der Waals surface area (Å²) >= 11 is 0. The number of pyridine rings is 1. The zero-order valence-electron chi connectivity index (χ0n) is 15.0. The highest BCUT2D eigenvalue weighted by Gasteiger charge is 2.09. The van der Waals surface area contributed by atoms with Crippen LogP contribution in [0.4, 0.5) is 5.69 Å². The van der Waals surface area contributed by atoms with Crippen LogP contribution >= 0.6 is 0 Å². The molecule has 0 N–H and O–H groups in total. The van der Waals surface area contributed by atoms with Crippen LogP contribution in [0.3, 0.4) is 0 Å². The maximum Gasteiger partial charge on any atom is 0.270 e. The lowest BCUT2D eigenvalue weighted by molar-refractivity contribution is -0.384. The second-order valence-corrected chi connectivity index (χ2v) is 6.22. The van der Waals surface area contributed by atoms with Crippen LogP contribution in [0.2, 0.25) is 0 Å². The summed E-state index contributed by atoms with van der Waals surface area (Å²) in [4.78, 5) is 14.5. The summed E-state index contributed by atoms with van der Waals surface area (Å²) in [6, 6.07) is 28.8. The SMILES string of the molecule is O=[N+]([O-])c1ccc2c(ccn2-c2ccccc2)c1.c1ccc2ncccc2c1. The third kappa shape index (κ3) is 3.59. The monoisotopic (exact) mass is 367 g/mol. The molecule has 5 heteroatoms. The highest BCUT2D eigenvalue weighted by Crippen LogP contribution is 2.24. The Balaban J connectivity index is 0.000000162. The molecule has 0 amide bonds. The van der Waals surface area contributed by atoms with Crippen LogP contribution in [0.5, 0.6) is 0 Å².